The Balaban J connectivity index is 3.01. The number of carbonyl (C=O) groups excluding carboxylic acids is 1. The van der Waals surface area contributed by atoms with E-state index in [0.717, 1.165) is 5.56 Å². The third-order valence-corrected chi connectivity index (χ3v) is 2.60. The lowest BCUT2D eigenvalue weighted by Gasteiger charge is -2.19. The lowest BCUT2D eigenvalue weighted by Crippen LogP contribution is -2.27. The third-order valence-electron chi connectivity index (χ3n) is 2.60. The molecule has 1 rings (SSSR count). The molecule has 0 saturated heterocycles. The van der Waals surface area contributed by atoms with Gasteiger partial charge in [0.05, 0.1) is 19.4 Å². The van der Waals surface area contributed by atoms with Crippen LogP contribution in [0.4, 0.5) is 5.69 Å². The topological polar surface area (TPSA) is 58.6 Å². The fourth-order valence-electron chi connectivity index (χ4n) is 1.41. The van der Waals surface area contributed by atoms with Crippen LogP contribution in [0.15, 0.2) is 18.2 Å². The summed E-state index contributed by atoms with van der Waals surface area (Å²) in [5.74, 6) is 6.28. The normalized spacial score (nSPS) is 10.4. The van der Waals surface area contributed by atoms with Gasteiger partial charge in [-0.1, -0.05) is 32.6 Å². The van der Waals surface area contributed by atoms with Crippen LogP contribution in [0.5, 0.6) is 5.75 Å². The molecule has 0 radical (unpaired) electrons. The van der Waals surface area contributed by atoms with Crippen LogP contribution >= 0.6 is 0 Å². The van der Waals surface area contributed by atoms with Crippen molar-refractivity contribution in [2.24, 2.45) is 5.41 Å². The Bertz CT molecular complexity index is 533. The van der Waals surface area contributed by atoms with Gasteiger partial charge >= 0.3 is 0 Å². The molecule has 1 amide bonds. The van der Waals surface area contributed by atoms with Gasteiger partial charge in [0.2, 0.25) is 5.91 Å². The highest BCUT2D eigenvalue weighted by molar-refractivity contribution is 5.96. The van der Waals surface area contributed by atoms with E-state index in [2.05, 4.69) is 17.2 Å². The first-order valence-corrected chi connectivity index (χ1v) is 6.47. The molecule has 0 atom stereocenters. The van der Waals surface area contributed by atoms with Crippen molar-refractivity contribution >= 4 is 11.6 Å². The summed E-state index contributed by atoms with van der Waals surface area (Å²) in [5, 5.41) is 11.6. The van der Waals surface area contributed by atoms with Crippen molar-refractivity contribution in [3.05, 3.63) is 23.8 Å². The zero-order chi connectivity index (χ0) is 15.2. The molecule has 0 aliphatic carbocycles. The third kappa shape index (κ3) is 4.60. The van der Waals surface area contributed by atoms with Crippen molar-refractivity contribution in [1.29, 1.82) is 0 Å². The number of benzene rings is 1. The number of nitrogens with one attached hydrogen (secondary N) is 1. The zero-order valence-electron chi connectivity index (χ0n) is 12.4. The predicted molar refractivity (Wildman–Crippen MR) is 79.7 cm³/mol. The molecule has 4 nitrogen and oxygen atoms in total. The van der Waals surface area contributed by atoms with Crippen molar-refractivity contribution in [3.63, 3.8) is 0 Å². The summed E-state index contributed by atoms with van der Waals surface area (Å²) < 4.78 is 5.24. The first kappa shape index (κ1) is 16.1. The Kier molecular flexibility index (Phi) is 5.60. The number of hydrogen-bond donors (Lipinski definition) is 2. The molecule has 1 aromatic rings. The molecule has 0 spiro atoms. The Morgan fingerprint density at radius 3 is 2.65 bits per heavy atom. The number of aliphatic hydroxyl groups excluding tert-OH is 1. The number of methoxy groups -OCH3 is 1. The first-order chi connectivity index (χ1) is 9.38. The van der Waals surface area contributed by atoms with Gasteiger partial charge in [-0.15, -0.1) is 0 Å². The molecule has 20 heavy (non-hydrogen) atoms. The van der Waals surface area contributed by atoms with Gasteiger partial charge < -0.3 is 15.2 Å². The number of carbonyl (C=O) groups is 1. The molecule has 0 aliphatic rings. The molecule has 0 unspecified atom stereocenters. The van der Waals surface area contributed by atoms with Crippen molar-refractivity contribution in [1.82, 2.24) is 0 Å². The molecule has 0 aromatic heterocycles. The largest absolute Gasteiger partial charge is 0.495 e. The maximum Gasteiger partial charge on any atom is 0.229 e. The Morgan fingerprint density at radius 2 is 2.10 bits per heavy atom. The highest BCUT2D eigenvalue weighted by atomic mass is 16.5. The van der Waals surface area contributed by atoms with Crippen LogP contribution in [-0.2, 0) is 4.79 Å². The fraction of sp³-hybridized carbons (Fsp3) is 0.438. The number of ether oxygens (including phenoxy) is 1. The molecule has 0 bridgehead atoms. The summed E-state index contributed by atoms with van der Waals surface area (Å²) in [6, 6.07) is 5.35. The fourth-order valence-corrected chi connectivity index (χ4v) is 1.41. The average Bonchev–Trinajstić information content (AvgIpc) is 2.38. The van der Waals surface area contributed by atoms with Crippen molar-refractivity contribution in [3.8, 4) is 17.6 Å². The van der Waals surface area contributed by atoms with E-state index in [1.54, 1.807) is 19.2 Å². The summed E-state index contributed by atoms with van der Waals surface area (Å²) in [7, 11) is 1.55. The molecule has 0 heterocycles. The summed E-state index contributed by atoms with van der Waals surface area (Å²) in [6.07, 6.45) is 0.426. The SMILES string of the molecule is COc1ccc(C#CCCO)cc1NC(=O)C(C)(C)C. The number of aliphatic hydroxyl groups is 1. The Labute approximate surface area is 120 Å². The maximum atomic E-state index is 12.0. The average molecular weight is 275 g/mol. The maximum absolute atomic E-state index is 12.0. The van der Waals surface area contributed by atoms with Gasteiger partial charge in [-0.2, -0.15) is 0 Å². The van der Waals surface area contributed by atoms with Crippen molar-refractivity contribution < 1.29 is 14.6 Å². The summed E-state index contributed by atoms with van der Waals surface area (Å²) in [4.78, 5) is 12.0. The number of hydrogen-bond acceptors (Lipinski definition) is 3. The Morgan fingerprint density at radius 1 is 1.40 bits per heavy atom. The van der Waals surface area contributed by atoms with E-state index in [4.69, 9.17) is 9.84 Å². The first-order valence-electron chi connectivity index (χ1n) is 6.47. The minimum absolute atomic E-state index is 0.0385. The van der Waals surface area contributed by atoms with Gasteiger partial charge in [0.25, 0.3) is 0 Å². The van der Waals surface area contributed by atoms with Crippen LogP contribution in [0.2, 0.25) is 0 Å². The quantitative estimate of drug-likeness (QED) is 0.833. The van der Waals surface area contributed by atoms with Crippen LogP contribution in [0.3, 0.4) is 0 Å². The second-order valence-corrected chi connectivity index (χ2v) is 5.39. The monoisotopic (exact) mass is 275 g/mol. The minimum Gasteiger partial charge on any atom is -0.495 e. The second-order valence-electron chi connectivity index (χ2n) is 5.39. The van der Waals surface area contributed by atoms with E-state index in [1.807, 2.05) is 26.8 Å². The molecule has 4 heteroatoms. The Hall–Kier alpha value is -1.99. The van der Waals surface area contributed by atoms with E-state index in [9.17, 15) is 4.79 Å². The molecule has 1 aromatic carbocycles. The molecule has 108 valence electrons. The van der Waals surface area contributed by atoms with Gasteiger partial charge in [-0.25, -0.2) is 0 Å². The molecular formula is C16H21NO3. The van der Waals surface area contributed by atoms with E-state index in [-0.39, 0.29) is 12.5 Å². The molecule has 0 saturated carbocycles. The smallest absolute Gasteiger partial charge is 0.229 e. The van der Waals surface area contributed by atoms with E-state index in [0.29, 0.717) is 17.9 Å². The molecule has 0 aliphatic heterocycles. The summed E-state index contributed by atoms with van der Waals surface area (Å²) in [6.45, 7) is 5.58. The van der Waals surface area contributed by atoms with E-state index < -0.39 is 5.41 Å². The van der Waals surface area contributed by atoms with Crippen LogP contribution in [0, 0.1) is 17.3 Å². The van der Waals surface area contributed by atoms with Crippen LogP contribution in [-0.4, -0.2) is 24.7 Å². The summed E-state index contributed by atoms with van der Waals surface area (Å²) >= 11 is 0. The van der Waals surface area contributed by atoms with Gasteiger partial charge in [0.1, 0.15) is 5.75 Å². The predicted octanol–water partition coefficient (Wildman–Crippen LogP) is 2.41. The highest BCUT2D eigenvalue weighted by Crippen LogP contribution is 2.27. The molecular weight excluding hydrogens is 254 g/mol. The minimum atomic E-state index is -0.483. The highest BCUT2D eigenvalue weighted by Gasteiger charge is 2.22. The van der Waals surface area contributed by atoms with Crippen LogP contribution in [0.25, 0.3) is 0 Å². The van der Waals surface area contributed by atoms with E-state index >= 15 is 0 Å². The number of rotatable bonds is 3. The van der Waals surface area contributed by atoms with Crippen LogP contribution < -0.4 is 10.1 Å². The number of amides is 1. The van der Waals surface area contributed by atoms with Crippen molar-refractivity contribution in [2.45, 2.75) is 27.2 Å². The van der Waals surface area contributed by atoms with Gasteiger partial charge in [-0.05, 0) is 18.2 Å². The molecule has 2 N–H and O–H groups in total. The molecule has 0 fully saturated rings. The van der Waals surface area contributed by atoms with Crippen LogP contribution in [0.1, 0.15) is 32.8 Å². The lowest BCUT2D eigenvalue weighted by molar-refractivity contribution is -0.123. The zero-order valence-corrected chi connectivity index (χ0v) is 12.4. The number of anilines is 1. The standard InChI is InChI=1S/C16H21NO3/c1-16(2,3)15(19)17-13-11-12(7-5-6-10-18)8-9-14(13)20-4/h8-9,11,18H,6,10H2,1-4H3,(H,17,19). The summed E-state index contributed by atoms with van der Waals surface area (Å²) in [5.41, 5.74) is 0.885. The second kappa shape index (κ2) is 6.97. The van der Waals surface area contributed by atoms with Gasteiger partial charge in [0, 0.05) is 17.4 Å². The van der Waals surface area contributed by atoms with Gasteiger partial charge in [0.15, 0.2) is 0 Å². The lowest BCUT2D eigenvalue weighted by atomic mass is 9.95. The van der Waals surface area contributed by atoms with E-state index in [1.165, 1.54) is 0 Å². The van der Waals surface area contributed by atoms with Gasteiger partial charge in [-0.3, -0.25) is 4.79 Å². The van der Waals surface area contributed by atoms with Crippen molar-refractivity contribution in [2.75, 3.05) is 19.0 Å².